The van der Waals surface area contributed by atoms with Crippen molar-refractivity contribution in [3.8, 4) is 56.5 Å². The second kappa shape index (κ2) is 13.5. The minimum Gasteiger partial charge on any atom is -0.246 e. The molecule has 0 saturated carbocycles. The second-order valence-electron chi connectivity index (χ2n) is 14.9. The van der Waals surface area contributed by atoms with E-state index < -0.39 is 0 Å². The van der Waals surface area contributed by atoms with Gasteiger partial charge in [0.05, 0.1) is 15.9 Å². The SMILES string of the molecule is c1ccc(-c2nc(-c3ccc(-c4cc5ccccc5c5ccccc45)cc3)nc(-c3ccc(-c4nc5ccccc5c5c4sc4ccccc45)c4ccccc34)n2)cc1. The number of thiophene rings is 1. The fourth-order valence-corrected chi connectivity index (χ4v) is 9.97. The zero-order valence-corrected chi connectivity index (χ0v) is 32.5. The Bertz CT molecular complexity index is 3610. The lowest BCUT2D eigenvalue weighted by atomic mass is 9.93. The molecule has 0 atom stereocenters. The van der Waals surface area contributed by atoms with Crippen molar-refractivity contribution >= 4 is 74.7 Å². The first-order chi connectivity index (χ1) is 29.2. The molecule has 0 spiro atoms. The van der Waals surface area contributed by atoms with E-state index >= 15 is 0 Å². The highest BCUT2D eigenvalue weighted by Gasteiger charge is 2.20. The largest absolute Gasteiger partial charge is 0.246 e. The Kier molecular flexibility index (Phi) is 7.68. The van der Waals surface area contributed by atoms with Crippen LogP contribution in [0.1, 0.15) is 0 Å². The summed E-state index contributed by atoms with van der Waals surface area (Å²) in [5.41, 5.74) is 8.21. The van der Waals surface area contributed by atoms with E-state index in [1.165, 1.54) is 52.7 Å². The molecule has 12 aromatic rings. The Labute approximate surface area is 343 Å². The van der Waals surface area contributed by atoms with Crippen LogP contribution < -0.4 is 0 Å². The topological polar surface area (TPSA) is 51.6 Å². The fraction of sp³-hybridized carbons (Fsp3) is 0. The van der Waals surface area contributed by atoms with Gasteiger partial charge >= 0.3 is 0 Å². The predicted octanol–water partition coefficient (Wildman–Crippen LogP) is 14.6. The van der Waals surface area contributed by atoms with Crippen LogP contribution in [0.5, 0.6) is 0 Å². The first-order valence-electron chi connectivity index (χ1n) is 19.8. The monoisotopic (exact) mass is 768 g/mol. The minimum atomic E-state index is 0.625. The van der Waals surface area contributed by atoms with Crippen LogP contribution in [0.25, 0.3) is 120 Å². The molecule has 0 aliphatic heterocycles. The van der Waals surface area contributed by atoms with Gasteiger partial charge in [0.15, 0.2) is 17.5 Å². The molecule has 0 aliphatic carbocycles. The highest BCUT2D eigenvalue weighted by molar-refractivity contribution is 7.26. The van der Waals surface area contributed by atoms with Crippen molar-refractivity contribution in [2.45, 2.75) is 0 Å². The molecule has 5 heteroatoms. The average molecular weight is 769 g/mol. The van der Waals surface area contributed by atoms with Crippen LogP contribution in [0, 0.1) is 0 Å². The van der Waals surface area contributed by atoms with Crippen LogP contribution in [0.2, 0.25) is 0 Å². The van der Waals surface area contributed by atoms with Crippen LogP contribution >= 0.6 is 11.3 Å². The Morgan fingerprint density at radius 2 is 0.847 bits per heavy atom. The molecule has 12 rings (SSSR count). The van der Waals surface area contributed by atoms with Crippen LogP contribution in [0.15, 0.2) is 194 Å². The first kappa shape index (κ1) is 33.5. The van der Waals surface area contributed by atoms with Gasteiger partial charge in [0.25, 0.3) is 0 Å². The summed E-state index contributed by atoms with van der Waals surface area (Å²) in [6.45, 7) is 0. The van der Waals surface area contributed by atoms with Crippen molar-refractivity contribution in [2.24, 2.45) is 0 Å². The number of rotatable bonds is 5. The molecule has 0 unspecified atom stereocenters. The Morgan fingerprint density at radius 1 is 0.322 bits per heavy atom. The first-order valence-corrected chi connectivity index (χ1v) is 20.6. The second-order valence-corrected chi connectivity index (χ2v) is 16.0. The smallest absolute Gasteiger partial charge is 0.164 e. The number of nitrogens with zero attached hydrogens (tertiary/aromatic N) is 4. The quantitative estimate of drug-likeness (QED) is 0.164. The number of hydrogen-bond donors (Lipinski definition) is 0. The Morgan fingerprint density at radius 3 is 1.61 bits per heavy atom. The summed E-state index contributed by atoms with van der Waals surface area (Å²) in [6.07, 6.45) is 0. The van der Waals surface area contributed by atoms with E-state index in [1.54, 1.807) is 0 Å². The zero-order chi connectivity index (χ0) is 38.9. The van der Waals surface area contributed by atoms with Crippen molar-refractivity contribution in [3.63, 3.8) is 0 Å². The van der Waals surface area contributed by atoms with E-state index in [-0.39, 0.29) is 0 Å². The van der Waals surface area contributed by atoms with Crippen molar-refractivity contribution in [1.29, 1.82) is 0 Å². The normalized spacial score (nSPS) is 11.7. The maximum absolute atomic E-state index is 5.36. The molecule has 4 nitrogen and oxygen atoms in total. The summed E-state index contributed by atoms with van der Waals surface area (Å²) in [5.74, 6) is 1.88. The van der Waals surface area contributed by atoms with Crippen LogP contribution in [0.3, 0.4) is 0 Å². The molecule has 3 aromatic heterocycles. The molecular formula is C54H32N4S. The van der Waals surface area contributed by atoms with Gasteiger partial charge in [0, 0.05) is 43.1 Å². The minimum absolute atomic E-state index is 0.625. The van der Waals surface area contributed by atoms with Crippen LogP contribution in [0.4, 0.5) is 0 Å². The summed E-state index contributed by atoms with van der Waals surface area (Å²) >= 11 is 1.81. The number of benzene rings is 9. The highest BCUT2D eigenvalue weighted by atomic mass is 32.1. The molecule has 0 aliphatic rings. The van der Waals surface area contributed by atoms with Gasteiger partial charge in [-0.3, -0.25) is 0 Å². The van der Waals surface area contributed by atoms with Gasteiger partial charge in [-0.05, 0) is 67.7 Å². The Balaban J connectivity index is 1.03. The third-order valence-corrected chi connectivity index (χ3v) is 12.7. The molecule has 0 saturated heterocycles. The molecular weight excluding hydrogens is 737 g/mol. The molecule has 59 heavy (non-hydrogen) atoms. The van der Waals surface area contributed by atoms with Crippen molar-refractivity contribution in [1.82, 2.24) is 19.9 Å². The number of pyridine rings is 1. The molecule has 0 fully saturated rings. The van der Waals surface area contributed by atoms with E-state index in [1.807, 2.05) is 29.5 Å². The van der Waals surface area contributed by atoms with Gasteiger partial charge in [-0.15, -0.1) is 11.3 Å². The molecule has 0 amide bonds. The summed E-state index contributed by atoms with van der Waals surface area (Å²) in [5, 5.41) is 10.8. The van der Waals surface area contributed by atoms with Gasteiger partial charge in [0.1, 0.15) is 0 Å². The van der Waals surface area contributed by atoms with Gasteiger partial charge < -0.3 is 0 Å². The fourth-order valence-electron chi connectivity index (χ4n) is 8.75. The summed E-state index contributed by atoms with van der Waals surface area (Å²) < 4.78 is 2.45. The lowest BCUT2D eigenvalue weighted by Crippen LogP contribution is -2.01. The number of para-hydroxylation sites is 1. The van der Waals surface area contributed by atoms with Crippen molar-refractivity contribution in [3.05, 3.63) is 194 Å². The summed E-state index contributed by atoms with van der Waals surface area (Å²) in [6, 6.07) is 68.5. The van der Waals surface area contributed by atoms with E-state index in [4.69, 9.17) is 19.9 Å². The zero-order valence-electron chi connectivity index (χ0n) is 31.7. The van der Waals surface area contributed by atoms with E-state index in [0.29, 0.717) is 17.5 Å². The van der Waals surface area contributed by atoms with Crippen molar-refractivity contribution < 1.29 is 0 Å². The maximum Gasteiger partial charge on any atom is 0.164 e. The third-order valence-electron chi connectivity index (χ3n) is 11.5. The van der Waals surface area contributed by atoms with Crippen LogP contribution in [-0.4, -0.2) is 19.9 Å². The Hall–Kier alpha value is -7.60. The molecule has 3 heterocycles. The van der Waals surface area contributed by atoms with E-state index in [0.717, 1.165) is 49.8 Å². The lowest BCUT2D eigenvalue weighted by Gasteiger charge is -2.14. The predicted molar refractivity (Wildman–Crippen MR) is 248 cm³/mol. The van der Waals surface area contributed by atoms with Gasteiger partial charge in [0.2, 0.25) is 0 Å². The standard InChI is InChI=1S/C54H32N4S/c1-2-14-34(15-3-1)52-56-53(35-28-26-33(27-29-35)46-32-36-16-4-5-17-37(36)38-18-6-9-21-41(38)46)58-54(57-52)43-31-30-42(39-19-7-8-20-40(39)43)50-51-49(44-22-10-12-24-47(44)55-50)45-23-11-13-25-48(45)59-51/h1-32H. The highest BCUT2D eigenvalue weighted by Crippen LogP contribution is 2.45. The number of fused-ring (bicyclic) bond motifs is 9. The van der Waals surface area contributed by atoms with Crippen LogP contribution in [-0.2, 0) is 0 Å². The van der Waals surface area contributed by atoms with Crippen molar-refractivity contribution in [2.75, 3.05) is 0 Å². The molecule has 9 aromatic carbocycles. The number of hydrogen-bond acceptors (Lipinski definition) is 5. The van der Waals surface area contributed by atoms with Gasteiger partial charge in [-0.25, -0.2) is 19.9 Å². The third kappa shape index (κ3) is 5.51. The van der Waals surface area contributed by atoms with E-state index in [2.05, 4.69) is 176 Å². The molecule has 0 N–H and O–H groups in total. The van der Waals surface area contributed by atoms with Gasteiger partial charge in [-0.2, -0.15) is 0 Å². The molecule has 0 bridgehead atoms. The molecule has 0 radical (unpaired) electrons. The average Bonchev–Trinajstić information content (AvgIpc) is 3.71. The lowest BCUT2D eigenvalue weighted by molar-refractivity contribution is 1.08. The molecule has 274 valence electrons. The van der Waals surface area contributed by atoms with E-state index in [9.17, 15) is 0 Å². The maximum atomic E-state index is 5.36. The summed E-state index contributed by atoms with van der Waals surface area (Å²) in [4.78, 5) is 20.8. The number of aromatic nitrogens is 4. The van der Waals surface area contributed by atoms with Gasteiger partial charge in [-0.1, -0.05) is 170 Å². The summed E-state index contributed by atoms with van der Waals surface area (Å²) in [7, 11) is 0.